The molecule has 0 aliphatic carbocycles. The van der Waals surface area contributed by atoms with Crippen molar-refractivity contribution in [3.05, 3.63) is 18.2 Å². The van der Waals surface area contributed by atoms with Gasteiger partial charge in [0, 0.05) is 45.2 Å². The van der Waals surface area contributed by atoms with E-state index in [4.69, 9.17) is 9.47 Å². The number of carbonyl (C=O) groups is 3. The third-order valence-corrected chi connectivity index (χ3v) is 4.93. The number of rotatable bonds is 5. The molecule has 0 spiro atoms. The lowest BCUT2D eigenvalue weighted by Crippen LogP contribution is -2.50. The lowest BCUT2D eigenvalue weighted by Gasteiger charge is -2.34. The molecule has 2 heterocycles. The van der Waals surface area contributed by atoms with Crippen LogP contribution in [0.25, 0.3) is 0 Å². The minimum atomic E-state index is -0.388. The summed E-state index contributed by atoms with van der Waals surface area (Å²) in [5.74, 6) is 0.649. The van der Waals surface area contributed by atoms with Gasteiger partial charge in [-0.25, -0.2) is 0 Å². The number of anilines is 1. The first-order valence-corrected chi connectivity index (χ1v) is 8.58. The summed E-state index contributed by atoms with van der Waals surface area (Å²) >= 11 is 0. The van der Waals surface area contributed by atoms with Gasteiger partial charge < -0.3 is 24.2 Å². The van der Waals surface area contributed by atoms with E-state index in [0.29, 0.717) is 49.9 Å². The van der Waals surface area contributed by atoms with Gasteiger partial charge in [-0.15, -0.1) is 0 Å². The van der Waals surface area contributed by atoms with Crippen molar-refractivity contribution in [3.63, 3.8) is 0 Å². The molecule has 2 saturated heterocycles. The van der Waals surface area contributed by atoms with Gasteiger partial charge in [0.25, 0.3) is 0 Å². The zero-order valence-electron chi connectivity index (χ0n) is 15.0. The third-order valence-electron chi connectivity index (χ3n) is 4.93. The summed E-state index contributed by atoms with van der Waals surface area (Å²) < 4.78 is 10.6. The van der Waals surface area contributed by atoms with E-state index in [-0.39, 0.29) is 24.2 Å². The highest BCUT2D eigenvalue weighted by Crippen LogP contribution is 2.36. The highest BCUT2D eigenvalue weighted by Gasteiger charge is 2.38. The molecular formula is C18H23N3O5. The number of hydrogen-bond donors (Lipinski definition) is 0. The van der Waals surface area contributed by atoms with E-state index >= 15 is 0 Å². The molecule has 1 aromatic rings. The van der Waals surface area contributed by atoms with Gasteiger partial charge >= 0.3 is 0 Å². The van der Waals surface area contributed by atoms with Gasteiger partial charge in [-0.2, -0.15) is 0 Å². The second-order valence-corrected chi connectivity index (χ2v) is 6.41. The lowest BCUT2D eigenvalue weighted by atomic mass is 10.1. The predicted molar refractivity (Wildman–Crippen MR) is 94.2 cm³/mol. The molecule has 0 aromatic heterocycles. The smallest absolute Gasteiger partial charge is 0.228 e. The molecule has 1 atom stereocenters. The van der Waals surface area contributed by atoms with Crippen molar-refractivity contribution >= 4 is 23.9 Å². The zero-order valence-corrected chi connectivity index (χ0v) is 15.0. The summed E-state index contributed by atoms with van der Waals surface area (Å²) in [6.07, 6.45) is 0.977. The van der Waals surface area contributed by atoms with E-state index in [1.807, 2.05) is 0 Å². The Morgan fingerprint density at radius 3 is 2.50 bits per heavy atom. The first kappa shape index (κ1) is 18.0. The summed E-state index contributed by atoms with van der Waals surface area (Å²) in [6, 6.07) is 5.25. The quantitative estimate of drug-likeness (QED) is 0.708. The molecule has 2 aliphatic heterocycles. The Morgan fingerprint density at radius 2 is 1.88 bits per heavy atom. The number of piperazine rings is 1. The second-order valence-electron chi connectivity index (χ2n) is 6.41. The molecule has 2 aliphatic rings. The van der Waals surface area contributed by atoms with Crippen molar-refractivity contribution in [1.82, 2.24) is 9.80 Å². The van der Waals surface area contributed by atoms with Crippen LogP contribution in [0.5, 0.6) is 11.5 Å². The van der Waals surface area contributed by atoms with E-state index in [9.17, 15) is 14.4 Å². The van der Waals surface area contributed by atoms with Crippen LogP contribution in [-0.4, -0.2) is 75.0 Å². The van der Waals surface area contributed by atoms with Crippen molar-refractivity contribution in [2.24, 2.45) is 5.92 Å². The molecule has 8 heteroatoms. The van der Waals surface area contributed by atoms with Crippen molar-refractivity contribution in [3.8, 4) is 11.5 Å². The molecule has 3 amide bonds. The topological polar surface area (TPSA) is 79.4 Å². The number of methoxy groups -OCH3 is 2. The monoisotopic (exact) mass is 361 g/mol. The molecule has 0 bridgehead atoms. The van der Waals surface area contributed by atoms with Crippen LogP contribution in [-0.2, 0) is 14.4 Å². The van der Waals surface area contributed by atoms with Gasteiger partial charge in [-0.05, 0) is 12.1 Å². The molecule has 26 heavy (non-hydrogen) atoms. The minimum Gasteiger partial charge on any atom is -0.497 e. The van der Waals surface area contributed by atoms with Gasteiger partial charge in [0.2, 0.25) is 18.2 Å². The first-order chi connectivity index (χ1) is 12.6. The van der Waals surface area contributed by atoms with Crippen LogP contribution in [0.4, 0.5) is 5.69 Å². The Hall–Kier alpha value is -2.77. The molecule has 8 nitrogen and oxygen atoms in total. The number of ether oxygens (including phenoxy) is 2. The van der Waals surface area contributed by atoms with Crippen LogP contribution in [0.1, 0.15) is 6.42 Å². The SMILES string of the molecule is COc1ccc(OC)c(N2CC(C(=O)N3CCN(C=O)CC3)CC2=O)c1. The number of hydrogen-bond acceptors (Lipinski definition) is 5. The highest BCUT2D eigenvalue weighted by molar-refractivity contribution is 6.01. The molecule has 0 radical (unpaired) electrons. The second kappa shape index (κ2) is 7.63. The van der Waals surface area contributed by atoms with Gasteiger partial charge in [-0.3, -0.25) is 14.4 Å². The van der Waals surface area contributed by atoms with E-state index in [0.717, 1.165) is 6.41 Å². The van der Waals surface area contributed by atoms with E-state index in [2.05, 4.69) is 0 Å². The zero-order chi connectivity index (χ0) is 18.7. The van der Waals surface area contributed by atoms with Gasteiger partial charge in [0.1, 0.15) is 11.5 Å². The Morgan fingerprint density at radius 1 is 1.15 bits per heavy atom. The van der Waals surface area contributed by atoms with Crippen LogP contribution in [0.15, 0.2) is 18.2 Å². The van der Waals surface area contributed by atoms with Crippen LogP contribution >= 0.6 is 0 Å². The molecule has 1 aromatic carbocycles. The fourth-order valence-corrected chi connectivity index (χ4v) is 3.42. The molecular weight excluding hydrogens is 338 g/mol. The predicted octanol–water partition coefficient (Wildman–Crippen LogP) is 0.357. The van der Waals surface area contributed by atoms with Crippen LogP contribution in [0.3, 0.4) is 0 Å². The first-order valence-electron chi connectivity index (χ1n) is 8.58. The van der Waals surface area contributed by atoms with E-state index in [1.54, 1.807) is 47.1 Å². The standard InChI is InChI=1S/C18H23N3O5/c1-25-14-3-4-16(26-2)15(10-14)21-11-13(9-17(21)23)18(24)20-7-5-19(12-22)6-8-20/h3-4,10,12-13H,5-9,11H2,1-2H3. The summed E-state index contributed by atoms with van der Waals surface area (Å²) in [7, 11) is 3.10. The summed E-state index contributed by atoms with van der Waals surface area (Å²) in [5, 5.41) is 0. The van der Waals surface area contributed by atoms with Gasteiger partial charge in [-0.1, -0.05) is 0 Å². The number of nitrogens with zero attached hydrogens (tertiary/aromatic N) is 3. The molecule has 140 valence electrons. The number of carbonyl (C=O) groups excluding carboxylic acids is 3. The highest BCUT2D eigenvalue weighted by atomic mass is 16.5. The summed E-state index contributed by atoms with van der Waals surface area (Å²) in [6.45, 7) is 2.39. The van der Waals surface area contributed by atoms with Crippen molar-refractivity contribution in [2.45, 2.75) is 6.42 Å². The maximum Gasteiger partial charge on any atom is 0.228 e. The third kappa shape index (κ3) is 3.44. The molecule has 0 N–H and O–H groups in total. The van der Waals surface area contributed by atoms with E-state index < -0.39 is 0 Å². The maximum absolute atomic E-state index is 12.8. The van der Waals surface area contributed by atoms with Crippen LogP contribution in [0.2, 0.25) is 0 Å². The number of benzene rings is 1. The Labute approximate surface area is 152 Å². The lowest BCUT2D eigenvalue weighted by molar-refractivity contribution is -0.139. The van der Waals surface area contributed by atoms with Crippen molar-refractivity contribution < 1.29 is 23.9 Å². The molecule has 3 rings (SSSR count). The van der Waals surface area contributed by atoms with Gasteiger partial charge in [0.05, 0.1) is 25.8 Å². The summed E-state index contributed by atoms with van der Waals surface area (Å²) in [5.41, 5.74) is 0.609. The van der Waals surface area contributed by atoms with Crippen molar-refractivity contribution in [2.75, 3.05) is 51.8 Å². The average Bonchev–Trinajstić information content (AvgIpc) is 3.08. The fraction of sp³-hybridized carbons (Fsp3) is 0.500. The molecule has 2 fully saturated rings. The van der Waals surface area contributed by atoms with Crippen LogP contribution in [0, 0.1) is 5.92 Å². The largest absolute Gasteiger partial charge is 0.497 e. The van der Waals surface area contributed by atoms with Gasteiger partial charge in [0.15, 0.2) is 0 Å². The Balaban J connectivity index is 1.73. The summed E-state index contributed by atoms with van der Waals surface area (Å²) in [4.78, 5) is 41.1. The Bertz CT molecular complexity index is 700. The number of amides is 3. The molecule has 1 unspecified atom stereocenters. The van der Waals surface area contributed by atoms with Crippen molar-refractivity contribution in [1.29, 1.82) is 0 Å². The Kier molecular flexibility index (Phi) is 5.29. The minimum absolute atomic E-state index is 0.0340. The van der Waals surface area contributed by atoms with E-state index in [1.165, 1.54) is 0 Å². The molecule has 0 saturated carbocycles. The average molecular weight is 361 g/mol. The normalized spacial score (nSPS) is 20.3. The maximum atomic E-state index is 12.8. The van der Waals surface area contributed by atoms with Crippen LogP contribution < -0.4 is 14.4 Å². The fourth-order valence-electron chi connectivity index (χ4n) is 3.42.